The van der Waals surface area contributed by atoms with Gasteiger partial charge in [0.1, 0.15) is 0 Å². The summed E-state index contributed by atoms with van der Waals surface area (Å²) in [6, 6.07) is 1.26. The molecule has 0 aliphatic rings. The lowest BCUT2D eigenvalue weighted by Gasteiger charge is -2.01. The first-order valence-corrected chi connectivity index (χ1v) is 3.61. The van der Waals surface area contributed by atoms with Crippen LogP contribution in [0.4, 0.5) is 0 Å². The summed E-state index contributed by atoms with van der Waals surface area (Å²) in [7, 11) is 0. The van der Waals surface area contributed by atoms with Crippen molar-refractivity contribution in [2.24, 2.45) is 0 Å². The molecular formula is C7H10N2O3. The Labute approximate surface area is 69.0 Å². The SMILES string of the molecule is O=c1cc(OCCCO)nc[nH]1. The summed E-state index contributed by atoms with van der Waals surface area (Å²) >= 11 is 0. The van der Waals surface area contributed by atoms with Crippen LogP contribution in [-0.4, -0.2) is 28.3 Å². The number of nitrogens with one attached hydrogen (secondary N) is 1. The Morgan fingerprint density at radius 3 is 3.17 bits per heavy atom. The standard InChI is InChI=1S/C7H10N2O3/c10-2-1-3-12-7-4-6(11)8-5-9-7/h4-5,10H,1-3H2,(H,8,9,11). The normalized spacial score (nSPS) is 9.75. The van der Waals surface area contributed by atoms with Gasteiger partial charge in [-0.1, -0.05) is 0 Å². The van der Waals surface area contributed by atoms with Gasteiger partial charge in [-0.3, -0.25) is 4.79 Å². The highest BCUT2D eigenvalue weighted by molar-refractivity contribution is 5.04. The first-order valence-electron chi connectivity index (χ1n) is 3.61. The van der Waals surface area contributed by atoms with Crippen LogP contribution in [0.2, 0.25) is 0 Å². The smallest absolute Gasteiger partial charge is 0.254 e. The van der Waals surface area contributed by atoms with Crippen molar-refractivity contribution < 1.29 is 9.84 Å². The van der Waals surface area contributed by atoms with Crippen LogP contribution in [0.1, 0.15) is 6.42 Å². The average molecular weight is 170 g/mol. The van der Waals surface area contributed by atoms with E-state index in [4.69, 9.17) is 9.84 Å². The molecule has 0 spiro atoms. The van der Waals surface area contributed by atoms with E-state index in [1.54, 1.807) is 0 Å². The van der Waals surface area contributed by atoms with Gasteiger partial charge >= 0.3 is 0 Å². The van der Waals surface area contributed by atoms with E-state index in [1.807, 2.05) is 0 Å². The number of nitrogens with zero attached hydrogens (tertiary/aromatic N) is 1. The Morgan fingerprint density at radius 1 is 1.67 bits per heavy atom. The van der Waals surface area contributed by atoms with E-state index in [2.05, 4.69) is 9.97 Å². The van der Waals surface area contributed by atoms with Gasteiger partial charge in [-0.15, -0.1) is 0 Å². The molecule has 0 amide bonds. The fourth-order valence-corrected chi connectivity index (χ4v) is 0.671. The van der Waals surface area contributed by atoms with Crippen LogP contribution in [0.5, 0.6) is 5.88 Å². The van der Waals surface area contributed by atoms with E-state index in [0.29, 0.717) is 13.0 Å². The third-order valence-electron chi connectivity index (χ3n) is 1.21. The minimum atomic E-state index is -0.246. The summed E-state index contributed by atoms with van der Waals surface area (Å²) in [6.07, 6.45) is 1.81. The molecule has 0 fully saturated rings. The summed E-state index contributed by atoms with van der Waals surface area (Å²) in [5.41, 5.74) is -0.246. The van der Waals surface area contributed by atoms with Crippen LogP contribution in [-0.2, 0) is 0 Å². The van der Waals surface area contributed by atoms with Gasteiger partial charge in [0.25, 0.3) is 5.56 Å². The molecule has 5 heteroatoms. The second-order valence-electron chi connectivity index (χ2n) is 2.17. The van der Waals surface area contributed by atoms with Gasteiger partial charge < -0.3 is 14.8 Å². The van der Waals surface area contributed by atoms with Crippen molar-refractivity contribution in [2.45, 2.75) is 6.42 Å². The number of hydrogen-bond donors (Lipinski definition) is 2. The summed E-state index contributed by atoms with van der Waals surface area (Å²) in [5, 5.41) is 8.43. The van der Waals surface area contributed by atoms with E-state index in [-0.39, 0.29) is 18.0 Å². The Morgan fingerprint density at radius 2 is 2.50 bits per heavy atom. The molecule has 0 saturated carbocycles. The molecular weight excluding hydrogens is 160 g/mol. The quantitative estimate of drug-likeness (QED) is 0.599. The topological polar surface area (TPSA) is 75.2 Å². The lowest BCUT2D eigenvalue weighted by molar-refractivity contribution is 0.229. The number of ether oxygens (including phenoxy) is 1. The molecule has 0 atom stereocenters. The first-order chi connectivity index (χ1) is 5.83. The summed E-state index contributed by atoms with van der Waals surface area (Å²) in [6.45, 7) is 0.441. The molecule has 0 aromatic carbocycles. The first kappa shape index (κ1) is 8.73. The molecule has 0 bridgehead atoms. The zero-order valence-electron chi connectivity index (χ0n) is 6.49. The predicted molar refractivity (Wildman–Crippen MR) is 42.1 cm³/mol. The lowest BCUT2D eigenvalue weighted by Crippen LogP contribution is -2.07. The van der Waals surface area contributed by atoms with Crippen LogP contribution < -0.4 is 10.3 Å². The predicted octanol–water partition coefficient (Wildman–Crippen LogP) is -0.469. The molecule has 1 aromatic heterocycles. The van der Waals surface area contributed by atoms with Gasteiger partial charge in [-0.2, -0.15) is 0 Å². The largest absolute Gasteiger partial charge is 0.477 e. The van der Waals surface area contributed by atoms with E-state index in [9.17, 15) is 4.79 Å². The molecule has 1 heterocycles. The minimum absolute atomic E-state index is 0.0726. The van der Waals surface area contributed by atoms with Crippen molar-refractivity contribution in [3.63, 3.8) is 0 Å². The summed E-state index contributed by atoms with van der Waals surface area (Å²) in [4.78, 5) is 16.8. The van der Waals surface area contributed by atoms with Crippen LogP contribution in [0.25, 0.3) is 0 Å². The van der Waals surface area contributed by atoms with Gasteiger partial charge in [0.05, 0.1) is 19.0 Å². The number of aliphatic hydroxyl groups is 1. The molecule has 5 nitrogen and oxygen atoms in total. The molecule has 0 saturated heterocycles. The molecule has 66 valence electrons. The zero-order chi connectivity index (χ0) is 8.81. The maximum absolute atomic E-state index is 10.7. The summed E-state index contributed by atoms with van der Waals surface area (Å²) in [5.74, 6) is 0.284. The number of aromatic nitrogens is 2. The zero-order valence-corrected chi connectivity index (χ0v) is 6.49. The molecule has 0 unspecified atom stereocenters. The molecule has 12 heavy (non-hydrogen) atoms. The number of hydrogen-bond acceptors (Lipinski definition) is 4. The minimum Gasteiger partial charge on any atom is -0.477 e. The number of rotatable bonds is 4. The number of aliphatic hydroxyl groups excluding tert-OH is 1. The maximum Gasteiger partial charge on any atom is 0.254 e. The van der Waals surface area contributed by atoms with E-state index in [0.717, 1.165) is 0 Å². The van der Waals surface area contributed by atoms with Crippen molar-refractivity contribution in [1.82, 2.24) is 9.97 Å². The van der Waals surface area contributed by atoms with Crippen molar-refractivity contribution >= 4 is 0 Å². The molecule has 0 radical (unpaired) electrons. The second-order valence-corrected chi connectivity index (χ2v) is 2.17. The molecule has 1 aromatic rings. The number of H-pyrrole nitrogens is 1. The fourth-order valence-electron chi connectivity index (χ4n) is 0.671. The fraction of sp³-hybridized carbons (Fsp3) is 0.429. The van der Waals surface area contributed by atoms with Crippen LogP contribution in [0.3, 0.4) is 0 Å². The van der Waals surface area contributed by atoms with Crippen molar-refractivity contribution in [1.29, 1.82) is 0 Å². The van der Waals surface area contributed by atoms with Gasteiger partial charge in [0, 0.05) is 13.0 Å². The van der Waals surface area contributed by atoms with Gasteiger partial charge in [0.2, 0.25) is 5.88 Å². The molecule has 0 aliphatic heterocycles. The maximum atomic E-state index is 10.7. The van der Waals surface area contributed by atoms with Crippen molar-refractivity contribution in [2.75, 3.05) is 13.2 Å². The third-order valence-corrected chi connectivity index (χ3v) is 1.21. The Hall–Kier alpha value is -1.36. The van der Waals surface area contributed by atoms with E-state index < -0.39 is 0 Å². The molecule has 1 rings (SSSR count). The van der Waals surface area contributed by atoms with Crippen LogP contribution in [0.15, 0.2) is 17.2 Å². The Kier molecular flexibility index (Phi) is 3.28. The van der Waals surface area contributed by atoms with E-state index in [1.165, 1.54) is 12.4 Å². The number of aromatic amines is 1. The average Bonchev–Trinajstić information content (AvgIpc) is 2.05. The lowest BCUT2D eigenvalue weighted by atomic mass is 10.5. The highest BCUT2D eigenvalue weighted by Gasteiger charge is 1.94. The van der Waals surface area contributed by atoms with E-state index >= 15 is 0 Å². The Balaban J connectivity index is 2.47. The van der Waals surface area contributed by atoms with Crippen LogP contribution >= 0.6 is 0 Å². The van der Waals surface area contributed by atoms with Gasteiger partial charge in [-0.25, -0.2) is 4.98 Å². The highest BCUT2D eigenvalue weighted by Crippen LogP contribution is 1.98. The monoisotopic (exact) mass is 170 g/mol. The summed E-state index contributed by atoms with van der Waals surface area (Å²) < 4.78 is 5.04. The van der Waals surface area contributed by atoms with Crippen molar-refractivity contribution in [3.05, 3.63) is 22.7 Å². The Bertz CT molecular complexity index is 284. The van der Waals surface area contributed by atoms with Crippen molar-refractivity contribution in [3.8, 4) is 5.88 Å². The van der Waals surface area contributed by atoms with Gasteiger partial charge in [-0.05, 0) is 0 Å². The highest BCUT2D eigenvalue weighted by atomic mass is 16.5. The third kappa shape index (κ3) is 2.71. The second kappa shape index (κ2) is 4.50. The molecule has 2 N–H and O–H groups in total. The van der Waals surface area contributed by atoms with Crippen LogP contribution in [0, 0.1) is 0 Å². The molecule has 0 aliphatic carbocycles. The van der Waals surface area contributed by atoms with Gasteiger partial charge in [0.15, 0.2) is 0 Å².